The van der Waals surface area contributed by atoms with Gasteiger partial charge in [-0.2, -0.15) is 0 Å². The van der Waals surface area contributed by atoms with Crippen molar-refractivity contribution in [1.29, 1.82) is 0 Å². The maximum Gasteiger partial charge on any atom is 0.149 e. The molecule has 4 rings (SSSR count). The van der Waals surface area contributed by atoms with Crippen molar-refractivity contribution in [3.8, 4) is 0 Å². The number of anilines is 2. The van der Waals surface area contributed by atoms with Crippen LogP contribution in [0.1, 0.15) is 24.1 Å². The van der Waals surface area contributed by atoms with Gasteiger partial charge in [-0.05, 0) is 50.5 Å². The van der Waals surface area contributed by atoms with Gasteiger partial charge < -0.3 is 10.2 Å². The first kappa shape index (κ1) is 16.8. The topological polar surface area (TPSA) is 41.0 Å². The van der Waals surface area contributed by atoms with Gasteiger partial charge in [-0.25, -0.2) is 14.4 Å². The molecule has 134 valence electrons. The monoisotopic (exact) mass is 350 g/mol. The van der Waals surface area contributed by atoms with E-state index in [2.05, 4.69) is 39.2 Å². The lowest BCUT2D eigenvalue weighted by atomic mass is 10.0. The van der Waals surface area contributed by atoms with Gasteiger partial charge in [-0.15, -0.1) is 0 Å². The van der Waals surface area contributed by atoms with E-state index in [1.165, 1.54) is 11.6 Å². The molecule has 0 saturated carbocycles. The molecule has 1 aromatic carbocycles. The molecule has 3 aromatic rings. The number of benzene rings is 1. The van der Waals surface area contributed by atoms with E-state index in [1.807, 2.05) is 25.3 Å². The number of hydrogen-bond donors (Lipinski definition) is 1. The third-order valence-electron chi connectivity index (χ3n) is 4.99. The third kappa shape index (κ3) is 3.34. The van der Waals surface area contributed by atoms with Gasteiger partial charge in [0, 0.05) is 42.1 Å². The summed E-state index contributed by atoms with van der Waals surface area (Å²) in [6, 6.07) is 11.7. The molecule has 3 heterocycles. The highest BCUT2D eigenvalue weighted by atomic mass is 19.1. The van der Waals surface area contributed by atoms with Crippen molar-refractivity contribution in [3.05, 3.63) is 59.7 Å². The molecule has 1 saturated heterocycles. The number of piperidine rings is 1. The fraction of sp³-hybridized carbons (Fsp3) is 0.333. The minimum Gasteiger partial charge on any atom is -0.382 e. The molecule has 26 heavy (non-hydrogen) atoms. The summed E-state index contributed by atoms with van der Waals surface area (Å²) < 4.78 is 14.1. The van der Waals surface area contributed by atoms with Crippen molar-refractivity contribution in [2.45, 2.75) is 32.7 Å². The summed E-state index contributed by atoms with van der Waals surface area (Å²) in [5.41, 5.74) is 3.42. The van der Waals surface area contributed by atoms with Crippen LogP contribution in [0.5, 0.6) is 0 Å². The van der Waals surface area contributed by atoms with E-state index in [4.69, 9.17) is 0 Å². The highest BCUT2D eigenvalue weighted by molar-refractivity contribution is 5.91. The molecule has 2 aromatic heterocycles. The molecule has 0 spiro atoms. The van der Waals surface area contributed by atoms with Gasteiger partial charge in [0.25, 0.3) is 0 Å². The second-order valence-electron chi connectivity index (χ2n) is 7.05. The van der Waals surface area contributed by atoms with E-state index < -0.39 is 0 Å². The molecule has 0 aliphatic carbocycles. The first-order valence-electron chi connectivity index (χ1n) is 9.10. The lowest BCUT2D eigenvalue weighted by Crippen LogP contribution is -2.39. The number of halogens is 1. The molecule has 1 N–H and O–H groups in total. The Morgan fingerprint density at radius 3 is 2.65 bits per heavy atom. The molecule has 1 fully saturated rings. The molecule has 0 unspecified atom stereocenters. The summed E-state index contributed by atoms with van der Waals surface area (Å²) in [6.45, 7) is 5.88. The van der Waals surface area contributed by atoms with Crippen LogP contribution in [-0.2, 0) is 0 Å². The molecule has 5 heteroatoms. The van der Waals surface area contributed by atoms with Crippen molar-refractivity contribution < 1.29 is 4.39 Å². The van der Waals surface area contributed by atoms with E-state index in [0.29, 0.717) is 11.6 Å². The summed E-state index contributed by atoms with van der Waals surface area (Å²) in [4.78, 5) is 11.2. The summed E-state index contributed by atoms with van der Waals surface area (Å²) in [5.74, 6) is 0.774. The average Bonchev–Trinajstić information content (AvgIpc) is 2.64. The number of nitrogens with zero attached hydrogens (tertiary/aromatic N) is 3. The Morgan fingerprint density at radius 1 is 1.12 bits per heavy atom. The first-order valence-corrected chi connectivity index (χ1v) is 9.10. The molecule has 4 nitrogen and oxygen atoms in total. The largest absolute Gasteiger partial charge is 0.382 e. The smallest absolute Gasteiger partial charge is 0.149 e. The Bertz CT molecular complexity index is 915. The fourth-order valence-electron chi connectivity index (χ4n) is 3.58. The van der Waals surface area contributed by atoms with Crippen LogP contribution in [0.2, 0.25) is 0 Å². The van der Waals surface area contributed by atoms with Crippen molar-refractivity contribution in [3.63, 3.8) is 0 Å². The van der Waals surface area contributed by atoms with Gasteiger partial charge in [-0.1, -0.05) is 18.2 Å². The van der Waals surface area contributed by atoms with Gasteiger partial charge in [0.05, 0.1) is 0 Å². The predicted octanol–water partition coefficient (Wildman–Crippen LogP) is 4.47. The Labute approximate surface area is 153 Å². The number of nitrogens with one attached hydrogen (secondary N) is 1. The first-order chi connectivity index (χ1) is 12.6. The van der Waals surface area contributed by atoms with Crippen LogP contribution in [0.15, 0.2) is 42.6 Å². The normalized spacial score (nSPS) is 15.4. The van der Waals surface area contributed by atoms with Gasteiger partial charge in [0.1, 0.15) is 17.2 Å². The van der Waals surface area contributed by atoms with Crippen molar-refractivity contribution in [2.75, 3.05) is 23.3 Å². The van der Waals surface area contributed by atoms with Gasteiger partial charge >= 0.3 is 0 Å². The van der Waals surface area contributed by atoms with Crippen molar-refractivity contribution in [1.82, 2.24) is 9.97 Å². The Morgan fingerprint density at radius 2 is 1.92 bits per heavy atom. The molecule has 1 aliphatic heterocycles. The lowest BCUT2D eigenvalue weighted by molar-refractivity contribution is 0.524. The summed E-state index contributed by atoms with van der Waals surface area (Å²) in [5, 5.41) is 4.46. The maximum absolute atomic E-state index is 14.1. The van der Waals surface area contributed by atoms with Crippen LogP contribution in [0.3, 0.4) is 0 Å². The molecular formula is C21H23FN4. The second-order valence-corrected chi connectivity index (χ2v) is 7.05. The van der Waals surface area contributed by atoms with Gasteiger partial charge in [-0.3, -0.25) is 0 Å². The summed E-state index contributed by atoms with van der Waals surface area (Å²) in [7, 11) is 0. The highest BCUT2D eigenvalue weighted by Gasteiger charge is 2.21. The predicted molar refractivity (Wildman–Crippen MR) is 104 cm³/mol. The van der Waals surface area contributed by atoms with E-state index in [0.717, 1.165) is 48.5 Å². The molecule has 0 atom stereocenters. The van der Waals surface area contributed by atoms with Crippen molar-refractivity contribution >= 4 is 22.4 Å². The quantitative estimate of drug-likeness (QED) is 0.757. The Balaban J connectivity index is 1.49. The van der Waals surface area contributed by atoms with Crippen LogP contribution >= 0.6 is 0 Å². The number of hydrogen-bond acceptors (Lipinski definition) is 4. The molecule has 0 radical (unpaired) electrons. The molecule has 0 bridgehead atoms. The van der Waals surface area contributed by atoms with Crippen LogP contribution < -0.4 is 10.2 Å². The maximum atomic E-state index is 14.1. The molecular weight excluding hydrogens is 327 g/mol. The number of fused-ring (bicyclic) bond motifs is 1. The summed E-state index contributed by atoms with van der Waals surface area (Å²) in [6.07, 6.45) is 3.96. The number of rotatable bonds is 3. The SMILES string of the molecule is Cc1ccc(N2CCC(Nc3cc(C)nc4c(F)cccc34)CC2)nc1. The zero-order valence-electron chi connectivity index (χ0n) is 15.2. The Hall–Kier alpha value is -2.69. The number of aromatic nitrogens is 2. The van der Waals surface area contributed by atoms with Crippen LogP contribution in [-0.4, -0.2) is 29.1 Å². The van der Waals surface area contributed by atoms with Crippen LogP contribution in [0.25, 0.3) is 10.9 Å². The van der Waals surface area contributed by atoms with Crippen molar-refractivity contribution in [2.24, 2.45) is 0 Å². The van der Waals surface area contributed by atoms with E-state index in [9.17, 15) is 4.39 Å². The Kier molecular flexibility index (Phi) is 4.45. The zero-order valence-corrected chi connectivity index (χ0v) is 15.2. The van der Waals surface area contributed by atoms with E-state index >= 15 is 0 Å². The van der Waals surface area contributed by atoms with E-state index in [-0.39, 0.29) is 5.82 Å². The minimum atomic E-state index is -0.269. The lowest BCUT2D eigenvalue weighted by Gasteiger charge is -2.34. The summed E-state index contributed by atoms with van der Waals surface area (Å²) >= 11 is 0. The number of para-hydroxylation sites is 1. The highest BCUT2D eigenvalue weighted by Crippen LogP contribution is 2.28. The fourth-order valence-corrected chi connectivity index (χ4v) is 3.58. The van der Waals surface area contributed by atoms with E-state index in [1.54, 1.807) is 6.07 Å². The minimum absolute atomic E-state index is 0.269. The standard InChI is InChI=1S/C21H23FN4/c1-14-6-7-20(23-13-14)26-10-8-16(9-11-26)25-19-12-15(2)24-21-17(19)4-3-5-18(21)22/h3-7,12-13,16H,8-11H2,1-2H3,(H,24,25). The number of pyridine rings is 2. The van der Waals surface area contributed by atoms with Crippen LogP contribution in [0.4, 0.5) is 15.9 Å². The number of aryl methyl sites for hydroxylation is 2. The third-order valence-corrected chi connectivity index (χ3v) is 4.99. The second kappa shape index (κ2) is 6.90. The zero-order chi connectivity index (χ0) is 18.1. The van der Waals surface area contributed by atoms with Crippen LogP contribution in [0, 0.1) is 19.7 Å². The molecule has 1 aliphatic rings. The van der Waals surface area contributed by atoms with Gasteiger partial charge in [0.2, 0.25) is 0 Å². The molecule has 0 amide bonds. The van der Waals surface area contributed by atoms with Gasteiger partial charge in [0.15, 0.2) is 0 Å². The average molecular weight is 350 g/mol.